The third-order valence-electron chi connectivity index (χ3n) is 8.09. The van der Waals surface area contributed by atoms with Gasteiger partial charge in [0.1, 0.15) is 35.3 Å². The molecule has 1 amide bonds. The van der Waals surface area contributed by atoms with E-state index in [2.05, 4.69) is 15.0 Å². The summed E-state index contributed by atoms with van der Waals surface area (Å²) in [6, 6.07) is 2.87. The fraction of sp³-hybridized carbons (Fsp3) is 0.355. The van der Waals surface area contributed by atoms with Crippen LogP contribution in [-0.4, -0.2) is 84.4 Å². The molecule has 1 aliphatic rings. The van der Waals surface area contributed by atoms with Gasteiger partial charge in [0.25, 0.3) is 0 Å². The number of aromatic nitrogens is 4. The molecule has 1 aromatic carbocycles. The van der Waals surface area contributed by atoms with Crippen molar-refractivity contribution in [2.24, 2.45) is 0 Å². The number of methoxy groups -OCH3 is 1. The molecule has 2 N–H and O–H groups in total. The first-order valence-electron chi connectivity index (χ1n) is 14.8. The number of aliphatic carboxylic acids is 1. The van der Waals surface area contributed by atoms with E-state index in [0.717, 1.165) is 26.5 Å². The molecule has 3 aromatic heterocycles. The van der Waals surface area contributed by atoms with Gasteiger partial charge in [0.05, 0.1) is 46.6 Å². The van der Waals surface area contributed by atoms with Gasteiger partial charge in [-0.05, 0) is 30.0 Å². The molecule has 1 atom stereocenters. The number of piperazine rings is 1. The number of carboxylic acid groups (broad SMARTS) is 2. The summed E-state index contributed by atoms with van der Waals surface area (Å²) in [6.45, 7) is 5.78. The number of amides is 1. The maximum Gasteiger partial charge on any atom is 0.407 e. The first-order valence-corrected chi connectivity index (χ1v) is 14.8. The minimum atomic E-state index is -1.71. The molecule has 17 heteroatoms. The van der Waals surface area contributed by atoms with Crippen LogP contribution in [-0.2, 0) is 4.79 Å². The van der Waals surface area contributed by atoms with Crippen LogP contribution in [0.25, 0.3) is 28.0 Å². The number of carboxylic acids is 1. The molecular weight excluding hydrogens is 636 g/mol. The van der Waals surface area contributed by atoms with Gasteiger partial charge in [-0.3, -0.25) is 19.5 Å². The van der Waals surface area contributed by atoms with Crippen molar-refractivity contribution in [3.8, 4) is 22.7 Å². The normalized spacial score (nSPS) is 15.0. The molecule has 0 aliphatic carbocycles. The monoisotopic (exact) mass is 667 g/mol. The van der Waals surface area contributed by atoms with Gasteiger partial charge in [0.15, 0.2) is 11.5 Å². The number of carbonyl (C=O) groups is 2. The van der Waals surface area contributed by atoms with E-state index in [1.807, 2.05) is 0 Å². The first kappa shape index (κ1) is 33.6. The lowest BCUT2D eigenvalue weighted by atomic mass is 10.0. The van der Waals surface area contributed by atoms with E-state index in [1.54, 1.807) is 27.7 Å². The summed E-state index contributed by atoms with van der Waals surface area (Å²) in [4.78, 5) is 65.5. The van der Waals surface area contributed by atoms with Crippen LogP contribution in [0.15, 0.2) is 35.4 Å². The largest absolute Gasteiger partial charge is 0.496 e. The number of hydrogen-bond acceptors (Lipinski definition) is 10. The summed E-state index contributed by atoms with van der Waals surface area (Å²) in [6.07, 6.45) is -0.134. The lowest BCUT2D eigenvalue weighted by molar-refractivity contribution is -0.385. The van der Waals surface area contributed by atoms with Crippen LogP contribution in [0, 0.1) is 21.7 Å². The van der Waals surface area contributed by atoms with Gasteiger partial charge in [-0.15, -0.1) is 0 Å². The summed E-state index contributed by atoms with van der Waals surface area (Å²) >= 11 is 0. The van der Waals surface area contributed by atoms with E-state index >= 15 is 8.78 Å². The second-order valence-electron chi connectivity index (χ2n) is 11.7. The van der Waals surface area contributed by atoms with Crippen LogP contribution in [0.1, 0.15) is 50.9 Å². The maximum atomic E-state index is 16.3. The third-order valence-corrected chi connectivity index (χ3v) is 8.09. The molecule has 1 saturated heterocycles. The smallest absolute Gasteiger partial charge is 0.407 e. The summed E-state index contributed by atoms with van der Waals surface area (Å²) in [5.41, 5.74) is -3.68. The van der Waals surface area contributed by atoms with Gasteiger partial charge in [0.2, 0.25) is 0 Å². The highest BCUT2D eigenvalue weighted by Crippen LogP contribution is 2.41. The molecule has 0 spiro atoms. The first-order chi connectivity index (χ1) is 22.7. The van der Waals surface area contributed by atoms with Crippen molar-refractivity contribution in [3.63, 3.8) is 0 Å². The summed E-state index contributed by atoms with van der Waals surface area (Å²) in [5.74, 6) is -4.46. The Morgan fingerprint density at radius 2 is 1.69 bits per heavy atom. The zero-order valence-electron chi connectivity index (χ0n) is 26.5. The predicted octanol–water partition coefficient (Wildman–Crippen LogP) is 4.54. The lowest BCUT2D eigenvalue weighted by Gasteiger charge is -2.39. The van der Waals surface area contributed by atoms with Gasteiger partial charge in [-0.1, -0.05) is 33.8 Å². The summed E-state index contributed by atoms with van der Waals surface area (Å²) in [7, 11) is 1.24. The van der Waals surface area contributed by atoms with Crippen molar-refractivity contribution in [1.82, 2.24) is 24.4 Å². The highest BCUT2D eigenvalue weighted by atomic mass is 19.1. The van der Waals surface area contributed by atoms with Crippen LogP contribution in [0.3, 0.4) is 0 Å². The fourth-order valence-corrected chi connectivity index (χ4v) is 5.91. The molecule has 0 bridgehead atoms. The maximum absolute atomic E-state index is 16.3. The van der Waals surface area contributed by atoms with E-state index < -0.39 is 75.9 Å². The average molecular weight is 668 g/mol. The number of hydrogen-bond donors (Lipinski definition) is 2. The molecule has 1 fully saturated rings. The van der Waals surface area contributed by atoms with E-state index in [9.17, 15) is 34.7 Å². The number of anilines is 1. The van der Waals surface area contributed by atoms with Gasteiger partial charge >= 0.3 is 23.3 Å². The topological polar surface area (TPSA) is 194 Å². The minimum Gasteiger partial charge on any atom is -0.496 e. The van der Waals surface area contributed by atoms with Crippen molar-refractivity contribution in [1.29, 1.82) is 0 Å². The van der Waals surface area contributed by atoms with Crippen LogP contribution in [0.2, 0.25) is 0 Å². The molecule has 48 heavy (non-hydrogen) atoms. The van der Waals surface area contributed by atoms with Crippen molar-refractivity contribution < 1.29 is 38.2 Å². The Bertz CT molecular complexity index is 2010. The molecule has 15 nitrogen and oxygen atoms in total. The molecule has 0 radical (unpaired) electrons. The number of pyridine rings is 2. The van der Waals surface area contributed by atoms with Crippen LogP contribution >= 0.6 is 0 Å². The number of fused-ring (bicyclic) bond motifs is 1. The second kappa shape index (κ2) is 12.8. The Labute approximate surface area is 271 Å². The van der Waals surface area contributed by atoms with Crippen molar-refractivity contribution in [3.05, 3.63) is 74.1 Å². The Balaban J connectivity index is 2.03. The zero-order valence-corrected chi connectivity index (χ0v) is 26.5. The average Bonchev–Trinajstić information content (AvgIpc) is 3.03. The van der Waals surface area contributed by atoms with Crippen molar-refractivity contribution in [2.45, 2.75) is 45.6 Å². The number of benzene rings is 1. The number of ether oxygens (including phenoxy) is 1. The Kier molecular flexibility index (Phi) is 8.97. The van der Waals surface area contributed by atoms with Gasteiger partial charge in [-0.25, -0.2) is 33.3 Å². The van der Waals surface area contributed by atoms with Crippen molar-refractivity contribution >= 4 is 34.5 Å². The third kappa shape index (κ3) is 5.60. The standard InChI is InChI=1S/C31H31F2N7O8/c1-14(2)22-26(23(15(3)4)35-13-34-22)39-28-16(11-18(33)24(36-28)21-17(32)7-6-8-20(21)48-5)25(27(29(39)41)40(46)47)38-10-9-37(31(44)45)12-19(38)30(42)43/h6-8,11,13-15,19H,9-10,12H2,1-5H3,(H,42,43)(H,44,45)/t19-/m1/s1. The molecular formula is C31H31F2N7O8. The number of halogens is 2. The van der Waals surface area contributed by atoms with Gasteiger partial charge in [0, 0.05) is 13.1 Å². The Hall–Kier alpha value is -5.74. The SMILES string of the molecule is COc1cccc(F)c1-c1nc2c(cc1F)c(N1CCN(C(=O)O)C[C@@H]1C(=O)O)c([N+](=O)[O-])c(=O)n2-c1c(C(C)C)ncnc1C(C)C. The van der Waals surface area contributed by atoms with E-state index in [0.29, 0.717) is 11.4 Å². The quantitative estimate of drug-likeness (QED) is 0.197. The molecule has 1 aliphatic heterocycles. The van der Waals surface area contributed by atoms with Gasteiger partial charge in [-0.2, -0.15) is 0 Å². The van der Waals surface area contributed by atoms with E-state index in [1.165, 1.54) is 25.6 Å². The highest BCUT2D eigenvalue weighted by molar-refractivity contribution is 5.99. The van der Waals surface area contributed by atoms with Crippen LogP contribution in [0.5, 0.6) is 5.75 Å². The van der Waals surface area contributed by atoms with Crippen molar-refractivity contribution in [2.75, 3.05) is 31.6 Å². The van der Waals surface area contributed by atoms with E-state index in [4.69, 9.17) is 4.74 Å². The highest BCUT2D eigenvalue weighted by Gasteiger charge is 2.41. The minimum absolute atomic E-state index is 0.0446. The Morgan fingerprint density at radius 3 is 2.23 bits per heavy atom. The summed E-state index contributed by atoms with van der Waals surface area (Å²) < 4.78 is 37.8. The molecule has 252 valence electrons. The number of nitrogens with zero attached hydrogens (tertiary/aromatic N) is 7. The zero-order chi connectivity index (χ0) is 35.2. The molecule has 0 unspecified atom stereocenters. The van der Waals surface area contributed by atoms with Gasteiger partial charge < -0.3 is 24.7 Å². The Morgan fingerprint density at radius 1 is 1.04 bits per heavy atom. The number of rotatable bonds is 8. The summed E-state index contributed by atoms with van der Waals surface area (Å²) in [5, 5.41) is 32.1. The predicted molar refractivity (Wildman–Crippen MR) is 168 cm³/mol. The molecule has 0 saturated carbocycles. The fourth-order valence-electron chi connectivity index (χ4n) is 5.91. The molecule has 4 aromatic rings. The van der Waals surface area contributed by atoms with Crippen LogP contribution < -0.4 is 15.2 Å². The lowest BCUT2D eigenvalue weighted by Crippen LogP contribution is -2.58. The van der Waals surface area contributed by atoms with E-state index in [-0.39, 0.29) is 40.9 Å². The van der Waals surface area contributed by atoms with Crippen LogP contribution in [0.4, 0.5) is 25.0 Å². The molecule has 5 rings (SSSR count). The number of nitro groups is 1. The molecule has 4 heterocycles. The second-order valence-corrected chi connectivity index (χ2v) is 11.7.